The first-order valence-corrected chi connectivity index (χ1v) is 4.68. The van der Waals surface area contributed by atoms with Crippen LogP contribution in [0.1, 0.15) is 6.42 Å². The van der Waals surface area contributed by atoms with Crippen molar-refractivity contribution >= 4 is 20.9 Å². The Hall–Kier alpha value is 0.0500. The van der Waals surface area contributed by atoms with Crippen LogP contribution in [-0.2, 0) is 10.1 Å². The summed E-state index contributed by atoms with van der Waals surface area (Å²) in [6.45, 7) is 0. The standard InChI is InChI=1S/C6H10NS/c1-8(2)6-4-3-5(4)7-6/h4-5,7H,1,3H2,2H3/q-1. The third kappa shape index (κ3) is 0.474. The van der Waals surface area contributed by atoms with Crippen LogP contribution in [0.15, 0.2) is 0 Å². The molecule has 0 aromatic rings. The highest BCUT2D eigenvalue weighted by molar-refractivity contribution is 7.93. The maximum absolute atomic E-state index is 3.97. The Morgan fingerprint density at radius 2 is 2.62 bits per heavy atom. The van der Waals surface area contributed by atoms with Gasteiger partial charge in [0.05, 0.1) is 0 Å². The van der Waals surface area contributed by atoms with Crippen LogP contribution in [0, 0.1) is 5.92 Å². The molecule has 1 N–H and O–H groups in total. The average Bonchev–Trinajstić information content (AvgIpc) is 2.13. The molecule has 2 rings (SSSR count). The number of rotatable bonds is 0. The predicted octanol–water partition coefficient (Wildman–Crippen LogP) is -0.212. The molecule has 0 bridgehead atoms. The van der Waals surface area contributed by atoms with Crippen LogP contribution >= 0.6 is 0 Å². The summed E-state index contributed by atoms with van der Waals surface area (Å²) in [6.07, 6.45) is 3.57. The van der Waals surface area contributed by atoms with E-state index in [-0.39, 0.29) is 0 Å². The molecule has 46 valence electrons. The summed E-state index contributed by atoms with van der Waals surface area (Å²) >= 11 is 0. The summed E-state index contributed by atoms with van der Waals surface area (Å²) in [5, 5.41) is 3.38. The van der Waals surface area contributed by atoms with Crippen LogP contribution in [0.4, 0.5) is 0 Å². The van der Waals surface area contributed by atoms with Crippen molar-refractivity contribution in [2.24, 2.45) is 5.92 Å². The van der Waals surface area contributed by atoms with E-state index in [0.717, 1.165) is 12.0 Å². The van der Waals surface area contributed by atoms with E-state index in [1.165, 1.54) is 11.4 Å². The summed E-state index contributed by atoms with van der Waals surface area (Å²) < 4.78 is 0. The van der Waals surface area contributed by atoms with Crippen molar-refractivity contribution in [2.45, 2.75) is 12.5 Å². The van der Waals surface area contributed by atoms with Gasteiger partial charge in [0.15, 0.2) is 0 Å². The minimum Gasteiger partial charge on any atom is -0.467 e. The van der Waals surface area contributed by atoms with Gasteiger partial charge in [0, 0.05) is 6.04 Å². The molecule has 1 nitrogen and oxygen atoms in total. The summed E-state index contributed by atoms with van der Waals surface area (Å²) in [5.41, 5.74) is 0. The first-order chi connectivity index (χ1) is 3.79. The SMILES string of the molecule is C=[S-](C)=C1NC2CC12. The smallest absolute Gasteiger partial charge is 0.0150 e. The fraction of sp³-hybridized carbons (Fsp3) is 0.667. The lowest BCUT2D eigenvalue weighted by molar-refractivity contribution is 0.779. The maximum atomic E-state index is 3.97. The molecule has 8 heavy (non-hydrogen) atoms. The van der Waals surface area contributed by atoms with E-state index < -0.39 is 0 Å². The molecule has 2 aliphatic rings. The first-order valence-electron chi connectivity index (χ1n) is 2.88. The monoisotopic (exact) mass is 128 g/mol. The Labute approximate surface area is 51.6 Å². The van der Waals surface area contributed by atoms with Crippen molar-refractivity contribution in [3.05, 3.63) is 0 Å². The van der Waals surface area contributed by atoms with Gasteiger partial charge in [-0.15, -0.1) is 11.2 Å². The largest absolute Gasteiger partial charge is 0.467 e. The van der Waals surface area contributed by atoms with E-state index in [0.29, 0.717) is 10.1 Å². The molecular weight excluding hydrogens is 118 g/mol. The molecule has 2 fully saturated rings. The zero-order chi connectivity index (χ0) is 5.72. The van der Waals surface area contributed by atoms with Gasteiger partial charge in [-0.25, -0.2) is 5.87 Å². The minimum atomic E-state index is 0.294. The molecule has 2 unspecified atom stereocenters. The number of nitrogens with one attached hydrogen (secondary N) is 1. The van der Waals surface area contributed by atoms with Gasteiger partial charge in [0.1, 0.15) is 0 Å². The fourth-order valence-electron chi connectivity index (χ4n) is 1.20. The number of fused-ring (bicyclic) bond motifs is 1. The number of hydrogen-bond acceptors (Lipinski definition) is 1. The Balaban J connectivity index is 2.32. The molecule has 0 radical (unpaired) electrons. The van der Waals surface area contributed by atoms with Crippen LogP contribution in [-0.4, -0.2) is 23.2 Å². The fourth-order valence-corrected chi connectivity index (χ4v) is 2.33. The second kappa shape index (κ2) is 1.31. The van der Waals surface area contributed by atoms with E-state index in [4.69, 9.17) is 0 Å². The summed E-state index contributed by atoms with van der Waals surface area (Å²) in [5.74, 6) is 4.91. The molecule has 0 spiro atoms. The third-order valence-corrected chi connectivity index (χ3v) is 3.00. The topological polar surface area (TPSA) is 12.0 Å². The van der Waals surface area contributed by atoms with Gasteiger partial charge in [0.25, 0.3) is 0 Å². The molecule has 0 aromatic heterocycles. The third-order valence-electron chi connectivity index (χ3n) is 1.83. The number of hydrogen-bond donors (Lipinski definition) is 1. The predicted molar refractivity (Wildman–Crippen MR) is 40.4 cm³/mol. The Bertz CT molecular complexity index is 201. The van der Waals surface area contributed by atoms with Gasteiger partial charge in [-0.1, -0.05) is 0 Å². The Morgan fingerprint density at radius 1 is 1.88 bits per heavy atom. The van der Waals surface area contributed by atoms with E-state index in [2.05, 4.69) is 17.4 Å². The molecule has 0 aromatic carbocycles. The summed E-state index contributed by atoms with van der Waals surface area (Å²) in [4.78, 5) is 1.52. The second-order valence-electron chi connectivity index (χ2n) is 2.59. The maximum Gasteiger partial charge on any atom is 0.0150 e. The lowest BCUT2D eigenvalue weighted by Gasteiger charge is -2.26. The second-order valence-corrected chi connectivity index (χ2v) is 4.31. The van der Waals surface area contributed by atoms with Crippen molar-refractivity contribution in [3.8, 4) is 0 Å². The minimum absolute atomic E-state index is 0.294. The van der Waals surface area contributed by atoms with Crippen molar-refractivity contribution in [2.75, 3.05) is 6.26 Å². The van der Waals surface area contributed by atoms with Crippen molar-refractivity contribution < 1.29 is 0 Å². The Morgan fingerprint density at radius 3 is 2.75 bits per heavy atom. The van der Waals surface area contributed by atoms with Crippen molar-refractivity contribution in [1.82, 2.24) is 5.32 Å². The summed E-state index contributed by atoms with van der Waals surface area (Å²) in [6, 6.07) is 0.877. The molecule has 0 amide bonds. The first kappa shape index (κ1) is 4.89. The van der Waals surface area contributed by atoms with E-state index >= 15 is 0 Å². The highest BCUT2D eigenvalue weighted by Crippen LogP contribution is 2.39. The molecule has 2 heteroatoms. The van der Waals surface area contributed by atoms with Crippen LogP contribution in [0.2, 0.25) is 0 Å². The Kier molecular flexibility index (Phi) is 0.798. The average molecular weight is 128 g/mol. The molecule has 1 saturated heterocycles. The molecule has 1 aliphatic heterocycles. The normalized spacial score (nSPS) is 49.4. The van der Waals surface area contributed by atoms with Gasteiger partial charge in [-0.3, -0.25) is 0 Å². The van der Waals surface area contributed by atoms with Crippen LogP contribution < -0.4 is 5.32 Å². The van der Waals surface area contributed by atoms with Crippen LogP contribution in [0.25, 0.3) is 0 Å². The quantitative estimate of drug-likeness (QED) is 0.351. The molecule has 1 heterocycles. The van der Waals surface area contributed by atoms with Gasteiger partial charge in [0.2, 0.25) is 0 Å². The zero-order valence-electron chi connectivity index (χ0n) is 4.98. The molecule has 1 saturated carbocycles. The van der Waals surface area contributed by atoms with E-state index in [9.17, 15) is 0 Å². The molecular formula is C6H10NS-. The van der Waals surface area contributed by atoms with E-state index in [1.807, 2.05) is 0 Å². The lowest BCUT2D eigenvalue weighted by Crippen LogP contribution is -2.41. The zero-order valence-corrected chi connectivity index (χ0v) is 5.79. The highest BCUT2D eigenvalue weighted by atomic mass is 32.2. The highest BCUT2D eigenvalue weighted by Gasteiger charge is 2.45. The van der Waals surface area contributed by atoms with Crippen LogP contribution in [0.3, 0.4) is 0 Å². The van der Waals surface area contributed by atoms with Gasteiger partial charge < -0.3 is 15.4 Å². The van der Waals surface area contributed by atoms with Crippen molar-refractivity contribution in [3.63, 3.8) is 0 Å². The molecule has 1 aliphatic carbocycles. The van der Waals surface area contributed by atoms with E-state index in [1.54, 1.807) is 0 Å². The van der Waals surface area contributed by atoms with Gasteiger partial charge in [-0.2, -0.15) is 0 Å². The molecule has 2 atom stereocenters. The van der Waals surface area contributed by atoms with Crippen molar-refractivity contribution in [1.29, 1.82) is 0 Å². The van der Waals surface area contributed by atoms with Gasteiger partial charge in [-0.05, 0) is 12.3 Å². The lowest BCUT2D eigenvalue weighted by atomic mass is 10.3. The van der Waals surface area contributed by atoms with Gasteiger partial charge >= 0.3 is 0 Å². The summed E-state index contributed by atoms with van der Waals surface area (Å²) in [7, 11) is 0.294. The van der Waals surface area contributed by atoms with Crippen LogP contribution in [0.5, 0.6) is 0 Å².